The summed E-state index contributed by atoms with van der Waals surface area (Å²) in [6.07, 6.45) is 4.69. The highest BCUT2D eigenvalue weighted by molar-refractivity contribution is 5.73. The minimum absolute atomic E-state index is 0.210. The van der Waals surface area contributed by atoms with E-state index in [1.165, 1.54) is 6.42 Å². The summed E-state index contributed by atoms with van der Waals surface area (Å²) in [5.74, 6) is -0.210. The van der Waals surface area contributed by atoms with Crippen molar-refractivity contribution in [3.05, 3.63) is 0 Å². The molecule has 90 valence electrons. The zero-order valence-electron chi connectivity index (χ0n) is 9.76. The van der Waals surface area contributed by atoms with E-state index in [0.717, 1.165) is 45.6 Å². The highest BCUT2D eigenvalue weighted by atomic mass is 16.5. The average molecular weight is 216 g/mol. The Morgan fingerprint density at radius 3 is 2.67 bits per heavy atom. The van der Waals surface area contributed by atoms with Crippen LogP contribution in [-0.2, 0) is 9.53 Å². The molecule has 4 nitrogen and oxygen atoms in total. The minimum atomic E-state index is -0.210. The van der Waals surface area contributed by atoms with E-state index in [2.05, 4.69) is 12.2 Å². The number of primary amides is 1. The van der Waals surface area contributed by atoms with Gasteiger partial charge >= 0.3 is 0 Å². The lowest BCUT2D eigenvalue weighted by Crippen LogP contribution is -2.21. The van der Waals surface area contributed by atoms with Gasteiger partial charge < -0.3 is 15.8 Å². The maximum Gasteiger partial charge on any atom is 0.217 e. The maximum atomic E-state index is 10.4. The smallest absolute Gasteiger partial charge is 0.217 e. The Morgan fingerprint density at radius 1 is 1.20 bits per heavy atom. The van der Waals surface area contributed by atoms with E-state index >= 15 is 0 Å². The summed E-state index contributed by atoms with van der Waals surface area (Å²) in [4.78, 5) is 10.4. The molecule has 4 heteroatoms. The Morgan fingerprint density at radius 2 is 2.00 bits per heavy atom. The number of hydrogen-bond donors (Lipinski definition) is 2. The average Bonchev–Trinajstić information content (AvgIpc) is 2.20. The van der Waals surface area contributed by atoms with Gasteiger partial charge in [0, 0.05) is 19.6 Å². The molecule has 0 radical (unpaired) electrons. The van der Waals surface area contributed by atoms with Crippen LogP contribution in [0.4, 0.5) is 0 Å². The lowest BCUT2D eigenvalue weighted by molar-refractivity contribution is -0.118. The first-order valence-electron chi connectivity index (χ1n) is 5.84. The molecule has 0 saturated heterocycles. The number of hydrogen-bond acceptors (Lipinski definition) is 3. The summed E-state index contributed by atoms with van der Waals surface area (Å²) < 4.78 is 5.38. The fourth-order valence-corrected chi connectivity index (χ4v) is 1.17. The number of carbonyl (C=O) groups excluding carboxylic acids is 1. The molecule has 0 atom stereocenters. The molecule has 1 amide bonds. The van der Waals surface area contributed by atoms with Gasteiger partial charge in [-0.05, 0) is 25.8 Å². The van der Waals surface area contributed by atoms with E-state index in [1.54, 1.807) is 0 Å². The van der Waals surface area contributed by atoms with E-state index < -0.39 is 0 Å². The van der Waals surface area contributed by atoms with Crippen LogP contribution in [0.15, 0.2) is 0 Å². The topological polar surface area (TPSA) is 64.3 Å². The molecule has 0 bridgehead atoms. The van der Waals surface area contributed by atoms with Crippen molar-refractivity contribution in [3.8, 4) is 0 Å². The second-order valence-corrected chi connectivity index (χ2v) is 3.64. The number of ether oxygens (including phenoxy) is 1. The predicted molar refractivity (Wildman–Crippen MR) is 61.6 cm³/mol. The van der Waals surface area contributed by atoms with Crippen molar-refractivity contribution in [1.29, 1.82) is 0 Å². The Balaban J connectivity index is 2.89. The fraction of sp³-hybridized carbons (Fsp3) is 0.909. The Labute approximate surface area is 92.6 Å². The summed E-state index contributed by atoms with van der Waals surface area (Å²) >= 11 is 0. The first kappa shape index (κ1) is 14.4. The molecule has 0 unspecified atom stereocenters. The van der Waals surface area contributed by atoms with Gasteiger partial charge in [-0.2, -0.15) is 0 Å². The van der Waals surface area contributed by atoms with Crippen molar-refractivity contribution in [1.82, 2.24) is 5.32 Å². The standard InChI is InChI=1S/C11H24N2O2/c1-2-3-9-15-10-8-13-7-5-4-6-11(12)14/h13H,2-10H2,1H3,(H2,12,14). The van der Waals surface area contributed by atoms with Crippen LogP contribution in [0.25, 0.3) is 0 Å². The summed E-state index contributed by atoms with van der Waals surface area (Å²) in [5.41, 5.74) is 5.02. The normalized spacial score (nSPS) is 10.5. The number of carbonyl (C=O) groups is 1. The molecule has 0 aliphatic carbocycles. The Kier molecular flexibility index (Phi) is 11.0. The summed E-state index contributed by atoms with van der Waals surface area (Å²) in [7, 11) is 0. The highest BCUT2D eigenvalue weighted by Gasteiger charge is 1.94. The molecule has 0 spiro atoms. The van der Waals surface area contributed by atoms with Gasteiger partial charge in [-0.25, -0.2) is 0 Å². The van der Waals surface area contributed by atoms with Gasteiger partial charge in [0.15, 0.2) is 0 Å². The second kappa shape index (κ2) is 11.5. The quantitative estimate of drug-likeness (QED) is 0.507. The van der Waals surface area contributed by atoms with Crippen molar-refractivity contribution >= 4 is 5.91 Å². The minimum Gasteiger partial charge on any atom is -0.380 e. The van der Waals surface area contributed by atoms with Crippen LogP contribution >= 0.6 is 0 Å². The molecule has 15 heavy (non-hydrogen) atoms. The van der Waals surface area contributed by atoms with E-state index in [4.69, 9.17) is 10.5 Å². The third-order valence-electron chi connectivity index (χ3n) is 2.09. The van der Waals surface area contributed by atoms with Crippen LogP contribution in [0.3, 0.4) is 0 Å². The number of nitrogens with one attached hydrogen (secondary N) is 1. The van der Waals surface area contributed by atoms with Gasteiger partial charge in [0.25, 0.3) is 0 Å². The molecular weight excluding hydrogens is 192 g/mol. The second-order valence-electron chi connectivity index (χ2n) is 3.64. The first-order valence-corrected chi connectivity index (χ1v) is 5.84. The van der Waals surface area contributed by atoms with Crippen LogP contribution in [0.5, 0.6) is 0 Å². The summed E-state index contributed by atoms with van der Waals surface area (Å²) in [5, 5.41) is 3.26. The third-order valence-corrected chi connectivity index (χ3v) is 2.09. The third kappa shape index (κ3) is 13.4. The zero-order chi connectivity index (χ0) is 11.4. The largest absolute Gasteiger partial charge is 0.380 e. The maximum absolute atomic E-state index is 10.4. The molecule has 0 aliphatic heterocycles. The van der Waals surface area contributed by atoms with Gasteiger partial charge in [0.2, 0.25) is 5.91 Å². The van der Waals surface area contributed by atoms with Gasteiger partial charge in [0.05, 0.1) is 6.61 Å². The number of rotatable bonds is 11. The van der Waals surface area contributed by atoms with Gasteiger partial charge in [-0.1, -0.05) is 13.3 Å². The van der Waals surface area contributed by atoms with Crippen LogP contribution in [-0.4, -0.2) is 32.2 Å². The van der Waals surface area contributed by atoms with Crippen LogP contribution in [0.1, 0.15) is 39.0 Å². The molecule has 0 aromatic rings. The van der Waals surface area contributed by atoms with Crippen LogP contribution in [0.2, 0.25) is 0 Å². The molecule has 0 fully saturated rings. The van der Waals surface area contributed by atoms with E-state index in [0.29, 0.717) is 6.42 Å². The van der Waals surface area contributed by atoms with Gasteiger partial charge in [-0.15, -0.1) is 0 Å². The van der Waals surface area contributed by atoms with Gasteiger partial charge in [-0.3, -0.25) is 4.79 Å². The van der Waals surface area contributed by atoms with Gasteiger partial charge in [0.1, 0.15) is 0 Å². The Hall–Kier alpha value is -0.610. The van der Waals surface area contributed by atoms with Crippen LogP contribution < -0.4 is 11.1 Å². The molecule has 0 saturated carbocycles. The van der Waals surface area contributed by atoms with Crippen molar-refractivity contribution in [2.75, 3.05) is 26.3 Å². The monoisotopic (exact) mass is 216 g/mol. The fourth-order valence-electron chi connectivity index (χ4n) is 1.17. The number of unbranched alkanes of at least 4 members (excludes halogenated alkanes) is 2. The zero-order valence-corrected chi connectivity index (χ0v) is 9.76. The molecule has 0 aromatic carbocycles. The number of amides is 1. The Bertz CT molecular complexity index is 152. The van der Waals surface area contributed by atoms with Crippen LogP contribution in [0, 0.1) is 0 Å². The molecule has 3 N–H and O–H groups in total. The first-order chi connectivity index (χ1) is 7.27. The van der Waals surface area contributed by atoms with Crippen molar-refractivity contribution in [2.45, 2.75) is 39.0 Å². The lowest BCUT2D eigenvalue weighted by atomic mass is 10.2. The van der Waals surface area contributed by atoms with E-state index in [-0.39, 0.29) is 5.91 Å². The van der Waals surface area contributed by atoms with Crippen molar-refractivity contribution < 1.29 is 9.53 Å². The highest BCUT2D eigenvalue weighted by Crippen LogP contribution is 1.92. The lowest BCUT2D eigenvalue weighted by Gasteiger charge is -2.05. The molecule has 0 heterocycles. The molecule has 0 aliphatic rings. The van der Waals surface area contributed by atoms with E-state index in [1.807, 2.05) is 0 Å². The van der Waals surface area contributed by atoms with Crippen molar-refractivity contribution in [3.63, 3.8) is 0 Å². The number of nitrogens with two attached hydrogens (primary N) is 1. The summed E-state index contributed by atoms with van der Waals surface area (Å²) in [6.45, 7) is 5.61. The van der Waals surface area contributed by atoms with Crippen molar-refractivity contribution in [2.24, 2.45) is 5.73 Å². The SMILES string of the molecule is CCCCOCCNCCCCC(N)=O. The van der Waals surface area contributed by atoms with E-state index in [9.17, 15) is 4.79 Å². The molecule has 0 aromatic heterocycles. The molecule has 0 rings (SSSR count). The summed E-state index contributed by atoms with van der Waals surface area (Å²) in [6, 6.07) is 0. The predicted octanol–water partition coefficient (Wildman–Crippen LogP) is 1.05. The molecular formula is C11H24N2O2.